The SMILES string of the molecule is CCCCCOCC(COP(=O)(O)OC)OCCCCC. The second kappa shape index (κ2) is 13.7. The Kier molecular flexibility index (Phi) is 13.7. The standard InChI is InChI=1S/C14H31O6P/c1-4-6-8-10-18-12-14(19-11-9-7-5-2)13-20-21(15,16)17-3/h14H,4-13H2,1-3H3,(H,15,16). The lowest BCUT2D eigenvalue weighted by Crippen LogP contribution is -2.26. The first-order valence-corrected chi connectivity index (χ1v) is 9.27. The molecule has 0 radical (unpaired) electrons. The molecule has 0 rings (SSSR count). The number of phosphoric ester groups is 1. The van der Waals surface area contributed by atoms with Gasteiger partial charge >= 0.3 is 7.82 Å². The monoisotopic (exact) mass is 326 g/mol. The Labute approximate surface area is 128 Å². The van der Waals surface area contributed by atoms with Gasteiger partial charge in [0.25, 0.3) is 0 Å². The van der Waals surface area contributed by atoms with Crippen LogP contribution >= 0.6 is 7.82 Å². The smallest absolute Gasteiger partial charge is 0.379 e. The first-order valence-electron chi connectivity index (χ1n) is 7.78. The molecule has 0 aromatic rings. The summed E-state index contributed by atoms with van der Waals surface area (Å²) in [6.45, 7) is 5.88. The van der Waals surface area contributed by atoms with E-state index in [0.29, 0.717) is 19.8 Å². The molecule has 7 heteroatoms. The summed E-state index contributed by atoms with van der Waals surface area (Å²) in [4.78, 5) is 9.24. The Morgan fingerprint density at radius 1 is 1.00 bits per heavy atom. The molecule has 0 heterocycles. The van der Waals surface area contributed by atoms with E-state index in [1.807, 2.05) is 0 Å². The number of unbranched alkanes of at least 4 members (excludes halogenated alkanes) is 4. The van der Waals surface area contributed by atoms with Gasteiger partial charge in [-0.1, -0.05) is 39.5 Å². The van der Waals surface area contributed by atoms with Gasteiger partial charge in [-0.25, -0.2) is 4.57 Å². The van der Waals surface area contributed by atoms with Crippen LogP contribution in [-0.4, -0.2) is 44.5 Å². The number of ether oxygens (including phenoxy) is 2. The van der Waals surface area contributed by atoms with Crippen molar-refractivity contribution in [1.29, 1.82) is 0 Å². The quantitative estimate of drug-likeness (QED) is 0.366. The van der Waals surface area contributed by atoms with Crippen molar-refractivity contribution in [2.45, 2.75) is 58.5 Å². The van der Waals surface area contributed by atoms with Crippen LogP contribution in [0, 0.1) is 0 Å². The van der Waals surface area contributed by atoms with E-state index in [1.165, 1.54) is 0 Å². The van der Waals surface area contributed by atoms with Gasteiger partial charge in [0.2, 0.25) is 0 Å². The summed E-state index contributed by atoms with van der Waals surface area (Å²) in [6, 6.07) is 0. The van der Waals surface area contributed by atoms with Gasteiger partial charge < -0.3 is 14.4 Å². The van der Waals surface area contributed by atoms with Crippen LogP contribution in [0.1, 0.15) is 52.4 Å². The van der Waals surface area contributed by atoms with Gasteiger partial charge in [-0.05, 0) is 12.8 Å². The molecular formula is C14H31O6P. The number of rotatable bonds is 15. The van der Waals surface area contributed by atoms with E-state index in [4.69, 9.17) is 14.0 Å². The van der Waals surface area contributed by atoms with Crippen LogP contribution < -0.4 is 0 Å². The lowest BCUT2D eigenvalue weighted by atomic mass is 10.2. The highest BCUT2D eigenvalue weighted by Crippen LogP contribution is 2.41. The third-order valence-corrected chi connectivity index (χ3v) is 3.89. The molecule has 0 saturated carbocycles. The molecule has 0 spiro atoms. The average molecular weight is 326 g/mol. The minimum absolute atomic E-state index is 0.0124. The predicted octanol–water partition coefficient (Wildman–Crippen LogP) is 3.53. The Bertz CT molecular complexity index is 274. The van der Waals surface area contributed by atoms with Crippen LogP contribution in [0.5, 0.6) is 0 Å². The normalized spacial score (nSPS) is 15.8. The number of hydrogen-bond acceptors (Lipinski definition) is 5. The number of hydrogen-bond donors (Lipinski definition) is 1. The maximum atomic E-state index is 11.3. The predicted molar refractivity (Wildman–Crippen MR) is 82.4 cm³/mol. The third kappa shape index (κ3) is 13.4. The second-order valence-electron chi connectivity index (χ2n) is 4.93. The average Bonchev–Trinajstić information content (AvgIpc) is 2.48. The van der Waals surface area contributed by atoms with Crippen LogP contribution in [0.15, 0.2) is 0 Å². The van der Waals surface area contributed by atoms with E-state index in [-0.39, 0.29) is 12.7 Å². The van der Waals surface area contributed by atoms with E-state index < -0.39 is 7.82 Å². The maximum absolute atomic E-state index is 11.3. The molecule has 0 aliphatic heterocycles. The highest BCUT2D eigenvalue weighted by Gasteiger charge is 2.21. The van der Waals surface area contributed by atoms with Crippen molar-refractivity contribution in [2.75, 3.05) is 33.5 Å². The number of phosphoric acid groups is 1. The Hall–Kier alpha value is 0.0300. The van der Waals surface area contributed by atoms with Crippen molar-refractivity contribution in [3.63, 3.8) is 0 Å². The van der Waals surface area contributed by atoms with Crippen molar-refractivity contribution >= 4 is 7.82 Å². The molecule has 0 aliphatic carbocycles. The van der Waals surface area contributed by atoms with Gasteiger partial charge in [-0.2, -0.15) is 0 Å². The van der Waals surface area contributed by atoms with E-state index in [2.05, 4.69) is 18.4 Å². The van der Waals surface area contributed by atoms with Crippen LogP contribution in [0.2, 0.25) is 0 Å². The summed E-state index contributed by atoms with van der Waals surface area (Å²) in [7, 11) is -2.82. The molecule has 2 unspecified atom stereocenters. The molecule has 0 aliphatic rings. The topological polar surface area (TPSA) is 74.2 Å². The highest BCUT2D eigenvalue weighted by atomic mass is 31.2. The van der Waals surface area contributed by atoms with Crippen molar-refractivity contribution in [2.24, 2.45) is 0 Å². The molecule has 0 fully saturated rings. The van der Waals surface area contributed by atoms with Crippen molar-refractivity contribution in [3.05, 3.63) is 0 Å². The lowest BCUT2D eigenvalue weighted by Gasteiger charge is -2.19. The van der Waals surface area contributed by atoms with Gasteiger partial charge in [0.1, 0.15) is 6.10 Å². The zero-order valence-corrected chi connectivity index (χ0v) is 14.5. The van der Waals surface area contributed by atoms with Crippen molar-refractivity contribution in [1.82, 2.24) is 0 Å². The van der Waals surface area contributed by atoms with Crippen LogP contribution in [0.3, 0.4) is 0 Å². The van der Waals surface area contributed by atoms with Gasteiger partial charge in [0.05, 0.1) is 13.2 Å². The van der Waals surface area contributed by atoms with E-state index in [1.54, 1.807) is 0 Å². The summed E-state index contributed by atoms with van der Waals surface area (Å²) in [5.41, 5.74) is 0. The van der Waals surface area contributed by atoms with Gasteiger partial charge in [0.15, 0.2) is 0 Å². The fraction of sp³-hybridized carbons (Fsp3) is 1.00. The van der Waals surface area contributed by atoms with E-state index >= 15 is 0 Å². The fourth-order valence-corrected chi connectivity index (χ4v) is 2.11. The molecule has 6 nitrogen and oxygen atoms in total. The summed E-state index contributed by atoms with van der Waals surface area (Å²) in [5.74, 6) is 0. The summed E-state index contributed by atoms with van der Waals surface area (Å²) in [5, 5.41) is 0. The zero-order chi connectivity index (χ0) is 16.0. The van der Waals surface area contributed by atoms with Gasteiger partial charge in [-0.3, -0.25) is 9.05 Å². The molecule has 0 saturated heterocycles. The highest BCUT2D eigenvalue weighted by molar-refractivity contribution is 7.47. The van der Waals surface area contributed by atoms with Crippen molar-refractivity contribution < 1.29 is 28.0 Å². The largest absolute Gasteiger partial charge is 0.472 e. The van der Waals surface area contributed by atoms with Gasteiger partial charge in [-0.15, -0.1) is 0 Å². The minimum Gasteiger partial charge on any atom is -0.379 e. The van der Waals surface area contributed by atoms with Crippen LogP contribution in [-0.2, 0) is 23.1 Å². The van der Waals surface area contributed by atoms with Crippen LogP contribution in [0.25, 0.3) is 0 Å². The molecule has 1 N–H and O–H groups in total. The summed E-state index contributed by atoms with van der Waals surface area (Å²) >= 11 is 0. The lowest BCUT2D eigenvalue weighted by molar-refractivity contribution is -0.0435. The first kappa shape index (κ1) is 21.0. The first-order chi connectivity index (χ1) is 10.1. The van der Waals surface area contributed by atoms with E-state index in [9.17, 15) is 9.46 Å². The molecule has 2 atom stereocenters. The molecule has 0 bridgehead atoms. The van der Waals surface area contributed by atoms with E-state index in [0.717, 1.165) is 45.6 Å². The molecule has 21 heavy (non-hydrogen) atoms. The van der Waals surface area contributed by atoms with Gasteiger partial charge in [0, 0.05) is 20.3 Å². The maximum Gasteiger partial charge on any atom is 0.472 e. The van der Waals surface area contributed by atoms with Crippen LogP contribution in [0.4, 0.5) is 0 Å². The minimum atomic E-state index is -3.96. The second-order valence-corrected chi connectivity index (χ2v) is 6.49. The Balaban J connectivity index is 3.99. The third-order valence-electron chi connectivity index (χ3n) is 2.95. The summed E-state index contributed by atoms with van der Waals surface area (Å²) in [6.07, 6.45) is 6.12. The molecule has 0 aromatic heterocycles. The Morgan fingerprint density at radius 2 is 1.62 bits per heavy atom. The molecular weight excluding hydrogens is 295 g/mol. The van der Waals surface area contributed by atoms with Crippen molar-refractivity contribution in [3.8, 4) is 0 Å². The zero-order valence-electron chi connectivity index (χ0n) is 13.6. The Morgan fingerprint density at radius 3 is 2.19 bits per heavy atom. The molecule has 0 amide bonds. The molecule has 0 aromatic carbocycles. The molecule has 128 valence electrons. The fourth-order valence-electron chi connectivity index (χ4n) is 1.65. The summed E-state index contributed by atoms with van der Waals surface area (Å²) < 4.78 is 31.7.